The molecule has 176 valence electrons. The fourth-order valence-corrected chi connectivity index (χ4v) is 5.11. The molecule has 33 heavy (non-hydrogen) atoms. The number of fused-ring (bicyclic) bond motifs is 2. The number of benzene rings is 1. The molecule has 0 spiro atoms. The summed E-state index contributed by atoms with van der Waals surface area (Å²) in [5.74, 6) is -0.113. The first kappa shape index (κ1) is 21.9. The van der Waals surface area contributed by atoms with Crippen molar-refractivity contribution in [1.29, 1.82) is 0 Å². The van der Waals surface area contributed by atoms with Gasteiger partial charge in [-0.2, -0.15) is 0 Å². The number of anilines is 2. The standard InChI is InChI=1S/C22H25FN4O5S/c1-22(7-8-22)32-21(28)27-13-3-6-17(27)18(9-13)31-20-11-19(24-12-25-20)26-16-5-4-14(10-15(16)23)33(2,29)30/h4-5,10-13,17-18H,3,6-9H2,1-2H3,(H,24,25,26). The van der Waals surface area contributed by atoms with Crippen LogP contribution in [0.25, 0.3) is 0 Å². The highest BCUT2D eigenvalue weighted by molar-refractivity contribution is 7.90. The van der Waals surface area contributed by atoms with Crippen molar-refractivity contribution in [3.63, 3.8) is 0 Å². The first-order valence-corrected chi connectivity index (χ1v) is 12.8. The normalized spacial score (nSPS) is 25.1. The van der Waals surface area contributed by atoms with Crippen LogP contribution in [0.15, 0.2) is 35.5 Å². The number of carbonyl (C=O) groups excluding carboxylic acids is 1. The molecule has 2 bridgehead atoms. The van der Waals surface area contributed by atoms with Crippen molar-refractivity contribution >= 4 is 27.4 Å². The number of nitrogens with zero attached hydrogens (tertiary/aromatic N) is 3. The smallest absolute Gasteiger partial charge is 0.410 e. The van der Waals surface area contributed by atoms with Crippen LogP contribution in [0.5, 0.6) is 5.88 Å². The third kappa shape index (κ3) is 4.46. The van der Waals surface area contributed by atoms with Crippen LogP contribution >= 0.6 is 0 Å². The number of hydrogen-bond acceptors (Lipinski definition) is 8. The topological polar surface area (TPSA) is 111 Å². The molecule has 2 aromatic rings. The molecule has 2 saturated heterocycles. The largest absolute Gasteiger partial charge is 0.472 e. The molecule has 1 N–H and O–H groups in total. The fraction of sp³-hybridized carbons (Fsp3) is 0.500. The second-order valence-corrected chi connectivity index (χ2v) is 11.2. The van der Waals surface area contributed by atoms with Crippen molar-refractivity contribution in [2.24, 2.45) is 0 Å². The van der Waals surface area contributed by atoms with Crippen LogP contribution < -0.4 is 10.1 Å². The zero-order valence-electron chi connectivity index (χ0n) is 18.3. The Balaban J connectivity index is 1.26. The summed E-state index contributed by atoms with van der Waals surface area (Å²) in [6.45, 7) is 1.95. The third-order valence-electron chi connectivity index (χ3n) is 6.52. The molecule has 3 heterocycles. The van der Waals surface area contributed by atoms with Gasteiger partial charge in [-0.3, -0.25) is 4.90 Å². The quantitative estimate of drug-likeness (QED) is 0.675. The first-order valence-electron chi connectivity index (χ1n) is 10.9. The fourth-order valence-electron chi connectivity index (χ4n) is 4.48. The summed E-state index contributed by atoms with van der Waals surface area (Å²) in [6, 6.07) is 5.19. The van der Waals surface area contributed by atoms with Crippen LogP contribution in [-0.2, 0) is 14.6 Å². The van der Waals surface area contributed by atoms with Gasteiger partial charge in [-0.05, 0) is 50.8 Å². The van der Waals surface area contributed by atoms with Gasteiger partial charge in [0.2, 0.25) is 5.88 Å². The van der Waals surface area contributed by atoms with E-state index in [4.69, 9.17) is 9.47 Å². The van der Waals surface area contributed by atoms with Crippen LogP contribution in [0.2, 0.25) is 0 Å². The van der Waals surface area contributed by atoms with E-state index in [9.17, 15) is 17.6 Å². The highest BCUT2D eigenvalue weighted by Gasteiger charge is 2.53. The minimum atomic E-state index is -3.51. The Kier molecular flexibility index (Phi) is 5.19. The number of aromatic nitrogens is 2. The number of carbonyl (C=O) groups is 1. The summed E-state index contributed by atoms with van der Waals surface area (Å²) >= 11 is 0. The highest BCUT2D eigenvalue weighted by Crippen LogP contribution is 2.44. The summed E-state index contributed by atoms with van der Waals surface area (Å²) in [7, 11) is -3.51. The number of rotatable bonds is 6. The zero-order valence-corrected chi connectivity index (χ0v) is 19.1. The van der Waals surface area contributed by atoms with Crippen molar-refractivity contribution in [2.75, 3.05) is 11.6 Å². The monoisotopic (exact) mass is 476 g/mol. The molecule has 5 rings (SSSR count). The molecule has 3 fully saturated rings. The lowest BCUT2D eigenvalue weighted by Gasteiger charge is -2.25. The van der Waals surface area contributed by atoms with E-state index in [1.807, 2.05) is 11.8 Å². The van der Waals surface area contributed by atoms with Gasteiger partial charge in [-0.1, -0.05) is 0 Å². The molecule has 11 heteroatoms. The van der Waals surface area contributed by atoms with Gasteiger partial charge in [-0.15, -0.1) is 0 Å². The molecule has 1 saturated carbocycles. The van der Waals surface area contributed by atoms with Crippen molar-refractivity contribution in [2.45, 2.75) is 67.7 Å². The van der Waals surface area contributed by atoms with Gasteiger partial charge in [0, 0.05) is 24.8 Å². The molecule has 9 nitrogen and oxygen atoms in total. The first-order chi connectivity index (χ1) is 15.6. The van der Waals surface area contributed by atoms with Crippen molar-refractivity contribution < 1.29 is 27.1 Å². The Labute approximate surface area is 191 Å². The van der Waals surface area contributed by atoms with E-state index in [-0.39, 0.29) is 40.5 Å². The molecule has 3 atom stereocenters. The van der Waals surface area contributed by atoms with Crippen LogP contribution in [0.1, 0.15) is 39.0 Å². The Morgan fingerprint density at radius 1 is 1.24 bits per heavy atom. The van der Waals surface area contributed by atoms with E-state index in [1.54, 1.807) is 6.07 Å². The summed E-state index contributed by atoms with van der Waals surface area (Å²) in [4.78, 5) is 22.6. The summed E-state index contributed by atoms with van der Waals surface area (Å²) < 4.78 is 49.3. The average molecular weight is 477 g/mol. The second kappa shape index (κ2) is 7.82. The molecule has 1 amide bonds. The van der Waals surface area contributed by atoms with Crippen molar-refractivity contribution in [3.8, 4) is 5.88 Å². The Morgan fingerprint density at radius 2 is 2.03 bits per heavy atom. The molecule has 0 radical (unpaired) electrons. The Bertz CT molecular complexity index is 1200. The lowest BCUT2D eigenvalue weighted by molar-refractivity contribution is 0.0483. The van der Waals surface area contributed by atoms with E-state index in [1.165, 1.54) is 18.5 Å². The maximum Gasteiger partial charge on any atom is 0.410 e. The molecular weight excluding hydrogens is 451 g/mol. The molecule has 1 aromatic carbocycles. The number of amides is 1. The van der Waals surface area contributed by atoms with E-state index in [0.29, 0.717) is 18.1 Å². The van der Waals surface area contributed by atoms with E-state index in [0.717, 1.165) is 38.0 Å². The van der Waals surface area contributed by atoms with E-state index in [2.05, 4.69) is 15.3 Å². The summed E-state index contributed by atoms with van der Waals surface area (Å²) in [6.07, 6.45) is 6.10. The second-order valence-electron chi connectivity index (χ2n) is 9.20. The molecule has 3 unspecified atom stereocenters. The molecule has 1 aliphatic carbocycles. The molecule has 3 aliphatic rings. The third-order valence-corrected chi connectivity index (χ3v) is 7.63. The van der Waals surface area contributed by atoms with Gasteiger partial charge in [0.25, 0.3) is 0 Å². The van der Waals surface area contributed by atoms with Gasteiger partial charge in [-0.25, -0.2) is 27.6 Å². The molecular formula is C22H25FN4O5S. The van der Waals surface area contributed by atoms with E-state index >= 15 is 0 Å². The number of halogens is 1. The molecule has 2 aliphatic heterocycles. The predicted octanol–water partition coefficient (Wildman–Crippen LogP) is 3.44. The number of ether oxygens (including phenoxy) is 2. The minimum absolute atomic E-state index is 0.0720. The van der Waals surface area contributed by atoms with Crippen LogP contribution in [-0.4, -0.2) is 59.4 Å². The Morgan fingerprint density at radius 3 is 2.73 bits per heavy atom. The van der Waals surface area contributed by atoms with Gasteiger partial charge in [0.05, 0.1) is 16.6 Å². The SMILES string of the molecule is CC1(OC(=O)N2C3CCC2C(Oc2cc(Nc4ccc(S(C)(=O)=O)cc4F)ncn2)C3)CC1. The van der Waals surface area contributed by atoms with Gasteiger partial charge in [0.1, 0.15) is 29.7 Å². The highest BCUT2D eigenvalue weighted by atomic mass is 32.2. The molecule has 1 aromatic heterocycles. The zero-order chi connectivity index (χ0) is 23.4. The summed E-state index contributed by atoms with van der Waals surface area (Å²) in [5, 5.41) is 2.82. The van der Waals surface area contributed by atoms with Crippen LogP contribution in [0, 0.1) is 5.82 Å². The van der Waals surface area contributed by atoms with Crippen LogP contribution in [0.3, 0.4) is 0 Å². The number of sulfone groups is 1. The lowest BCUT2D eigenvalue weighted by Crippen LogP contribution is -2.41. The van der Waals surface area contributed by atoms with Crippen molar-refractivity contribution in [1.82, 2.24) is 14.9 Å². The van der Waals surface area contributed by atoms with Gasteiger partial charge >= 0.3 is 6.09 Å². The van der Waals surface area contributed by atoms with Crippen LogP contribution in [0.4, 0.5) is 20.7 Å². The lowest BCUT2D eigenvalue weighted by atomic mass is 9.98. The van der Waals surface area contributed by atoms with Gasteiger partial charge in [0.15, 0.2) is 9.84 Å². The minimum Gasteiger partial charge on any atom is -0.472 e. The number of nitrogens with one attached hydrogen (secondary N) is 1. The predicted molar refractivity (Wildman–Crippen MR) is 117 cm³/mol. The average Bonchev–Trinajstić information content (AvgIpc) is 3.18. The summed E-state index contributed by atoms with van der Waals surface area (Å²) in [5.41, 5.74) is -0.244. The van der Waals surface area contributed by atoms with E-state index < -0.39 is 15.7 Å². The van der Waals surface area contributed by atoms with Crippen molar-refractivity contribution in [3.05, 3.63) is 36.4 Å². The maximum absolute atomic E-state index is 14.4. The Hall–Kier alpha value is -2.95. The van der Waals surface area contributed by atoms with Gasteiger partial charge < -0.3 is 14.8 Å². The maximum atomic E-state index is 14.4. The number of hydrogen-bond donors (Lipinski definition) is 1.